The largest absolute Gasteiger partial charge is 0.415 e. The van der Waals surface area contributed by atoms with E-state index in [0.29, 0.717) is 6.61 Å². The molecule has 0 aliphatic carbocycles. The predicted molar refractivity (Wildman–Crippen MR) is 104 cm³/mol. The Kier molecular flexibility index (Phi) is 7.55. The van der Waals surface area contributed by atoms with Crippen LogP contribution in [0.1, 0.15) is 32.8 Å². The van der Waals surface area contributed by atoms with Gasteiger partial charge in [0, 0.05) is 26.1 Å². The fourth-order valence-corrected chi connectivity index (χ4v) is 4.50. The standard InChI is InChI=1S/C18H31NO4SSi/c1-16-8-10-17(11-9-16)24(21,22)19(12-7-14-20)13-15-23-25(5,6)18(2,3)4/h8-11,14H,7,12-13,15H2,1-6H3. The molecule has 0 saturated carbocycles. The van der Waals surface area contributed by atoms with Gasteiger partial charge < -0.3 is 9.22 Å². The third kappa shape index (κ3) is 6.02. The van der Waals surface area contributed by atoms with E-state index in [0.717, 1.165) is 11.8 Å². The van der Waals surface area contributed by atoms with Crippen LogP contribution >= 0.6 is 0 Å². The molecule has 1 aromatic carbocycles. The minimum absolute atomic E-state index is 0.0659. The second kappa shape index (κ2) is 8.57. The SMILES string of the molecule is Cc1ccc(S(=O)(=O)N(CCC=O)CCO[Si](C)(C)C(C)(C)C)cc1. The number of benzene rings is 1. The maximum absolute atomic E-state index is 12.9. The van der Waals surface area contributed by atoms with Crippen molar-refractivity contribution in [1.29, 1.82) is 0 Å². The van der Waals surface area contributed by atoms with Crippen LogP contribution in [-0.4, -0.2) is 47.0 Å². The maximum atomic E-state index is 12.9. The average Bonchev–Trinajstić information content (AvgIpc) is 2.49. The molecule has 5 nitrogen and oxygen atoms in total. The Balaban J connectivity index is 2.90. The maximum Gasteiger partial charge on any atom is 0.243 e. The zero-order valence-electron chi connectivity index (χ0n) is 16.2. The molecule has 0 aliphatic rings. The summed E-state index contributed by atoms with van der Waals surface area (Å²) < 4.78 is 33.2. The molecule has 25 heavy (non-hydrogen) atoms. The molecular weight excluding hydrogens is 354 g/mol. The number of carbonyl (C=O) groups is 1. The molecule has 0 aliphatic heterocycles. The molecular formula is C18H31NO4SSi. The lowest BCUT2D eigenvalue weighted by Gasteiger charge is -2.36. The Hall–Kier alpha value is -1.02. The van der Waals surface area contributed by atoms with Crippen molar-refractivity contribution in [3.8, 4) is 0 Å². The summed E-state index contributed by atoms with van der Waals surface area (Å²) in [5, 5.41) is 0.0659. The highest BCUT2D eigenvalue weighted by Gasteiger charge is 2.37. The van der Waals surface area contributed by atoms with Crippen LogP contribution in [0.5, 0.6) is 0 Å². The minimum atomic E-state index is -3.63. The molecule has 0 fully saturated rings. The summed E-state index contributed by atoms with van der Waals surface area (Å²) in [6.45, 7) is 13.4. The lowest BCUT2D eigenvalue weighted by Crippen LogP contribution is -2.43. The molecule has 7 heteroatoms. The smallest absolute Gasteiger partial charge is 0.243 e. The van der Waals surface area contributed by atoms with E-state index in [1.807, 2.05) is 6.92 Å². The molecule has 142 valence electrons. The van der Waals surface area contributed by atoms with Crippen LogP contribution in [0.25, 0.3) is 0 Å². The number of aryl methyl sites for hydroxylation is 1. The first-order chi connectivity index (χ1) is 11.4. The zero-order valence-corrected chi connectivity index (χ0v) is 18.0. The van der Waals surface area contributed by atoms with Crippen LogP contribution in [-0.2, 0) is 19.2 Å². The first-order valence-corrected chi connectivity index (χ1v) is 12.9. The van der Waals surface area contributed by atoms with Crippen molar-refractivity contribution < 1.29 is 17.6 Å². The van der Waals surface area contributed by atoms with Gasteiger partial charge in [0.2, 0.25) is 10.0 Å². The number of aldehydes is 1. The highest BCUT2D eigenvalue weighted by Crippen LogP contribution is 2.36. The highest BCUT2D eigenvalue weighted by molar-refractivity contribution is 7.89. The van der Waals surface area contributed by atoms with Gasteiger partial charge in [0.1, 0.15) is 6.29 Å². The number of carbonyl (C=O) groups excluding carboxylic acids is 1. The highest BCUT2D eigenvalue weighted by atomic mass is 32.2. The second-order valence-electron chi connectivity index (χ2n) is 7.78. The van der Waals surface area contributed by atoms with Crippen LogP contribution < -0.4 is 0 Å². The number of hydrogen-bond acceptors (Lipinski definition) is 4. The van der Waals surface area contributed by atoms with E-state index in [-0.39, 0.29) is 29.4 Å². The quantitative estimate of drug-likeness (QED) is 0.481. The van der Waals surface area contributed by atoms with Gasteiger partial charge in [0.15, 0.2) is 8.32 Å². The van der Waals surface area contributed by atoms with E-state index in [4.69, 9.17) is 4.43 Å². The molecule has 0 radical (unpaired) electrons. The summed E-state index contributed by atoms with van der Waals surface area (Å²) in [6.07, 6.45) is 0.914. The Morgan fingerprint density at radius 1 is 1.12 bits per heavy atom. The summed E-state index contributed by atoms with van der Waals surface area (Å²) >= 11 is 0. The van der Waals surface area contributed by atoms with Gasteiger partial charge in [-0.2, -0.15) is 4.31 Å². The van der Waals surface area contributed by atoms with Crippen LogP contribution in [0.4, 0.5) is 0 Å². The van der Waals surface area contributed by atoms with Crippen molar-refractivity contribution in [2.45, 2.75) is 57.1 Å². The Morgan fingerprint density at radius 3 is 2.16 bits per heavy atom. The van der Waals surface area contributed by atoms with Gasteiger partial charge in [-0.15, -0.1) is 0 Å². The number of rotatable bonds is 9. The van der Waals surface area contributed by atoms with Crippen LogP contribution in [0.3, 0.4) is 0 Å². The van der Waals surface area contributed by atoms with Gasteiger partial charge in [-0.25, -0.2) is 8.42 Å². The van der Waals surface area contributed by atoms with Crippen LogP contribution in [0.15, 0.2) is 29.2 Å². The normalized spacial score (nSPS) is 13.2. The lowest BCUT2D eigenvalue weighted by atomic mass is 10.2. The van der Waals surface area contributed by atoms with Gasteiger partial charge >= 0.3 is 0 Å². The molecule has 0 bridgehead atoms. The summed E-state index contributed by atoms with van der Waals surface area (Å²) in [5.74, 6) is 0. The average molecular weight is 386 g/mol. The summed E-state index contributed by atoms with van der Waals surface area (Å²) in [7, 11) is -5.57. The van der Waals surface area contributed by atoms with Crippen molar-refractivity contribution in [2.24, 2.45) is 0 Å². The first-order valence-electron chi connectivity index (χ1n) is 8.56. The monoisotopic (exact) mass is 385 g/mol. The van der Waals surface area contributed by atoms with Crippen LogP contribution in [0, 0.1) is 6.92 Å². The fraction of sp³-hybridized carbons (Fsp3) is 0.611. The molecule has 0 unspecified atom stereocenters. The van der Waals surface area contributed by atoms with Gasteiger partial charge in [-0.1, -0.05) is 38.5 Å². The number of sulfonamides is 1. The minimum Gasteiger partial charge on any atom is -0.415 e. The second-order valence-corrected chi connectivity index (χ2v) is 14.5. The zero-order chi connectivity index (χ0) is 19.3. The van der Waals surface area contributed by atoms with Gasteiger partial charge in [-0.3, -0.25) is 0 Å². The number of hydrogen-bond donors (Lipinski definition) is 0. The summed E-state index contributed by atoms with van der Waals surface area (Å²) in [5.41, 5.74) is 1.000. The van der Waals surface area contributed by atoms with Crippen molar-refractivity contribution in [3.05, 3.63) is 29.8 Å². The molecule has 1 aromatic rings. The molecule has 0 heterocycles. The Bertz CT molecular complexity index is 663. The number of nitrogens with zero attached hydrogens (tertiary/aromatic N) is 1. The van der Waals surface area contributed by atoms with Crippen molar-refractivity contribution in [1.82, 2.24) is 4.31 Å². The first kappa shape index (κ1) is 22.0. The van der Waals surface area contributed by atoms with Crippen LogP contribution in [0.2, 0.25) is 18.1 Å². The molecule has 0 saturated heterocycles. The lowest BCUT2D eigenvalue weighted by molar-refractivity contribution is -0.107. The molecule has 0 aromatic heterocycles. The Morgan fingerprint density at radius 2 is 1.68 bits per heavy atom. The van der Waals surface area contributed by atoms with Crippen molar-refractivity contribution in [2.75, 3.05) is 19.7 Å². The van der Waals surface area contributed by atoms with E-state index in [9.17, 15) is 13.2 Å². The van der Waals surface area contributed by atoms with E-state index < -0.39 is 18.3 Å². The van der Waals surface area contributed by atoms with Crippen molar-refractivity contribution >= 4 is 24.6 Å². The molecule has 0 atom stereocenters. The summed E-state index contributed by atoms with van der Waals surface area (Å²) in [4.78, 5) is 11.0. The molecule has 0 spiro atoms. The third-order valence-electron chi connectivity index (χ3n) is 4.76. The van der Waals surface area contributed by atoms with E-state index in [1.165, 1.54) is 4.31 Å². The molecule has 0 amide bonds. The fourth-order valence-electron chi connectivity index (χ4n) is 2.03. The topological polar surface area (TPSA) is 63.7 Å². The third-order valence-corrected chi connectivity index (χ3v) is 11.2. The summed E-state index contributed by atoms with van der Waals surface area (Å²) in [6, 6.07) is 6.76. The predicted octanol–water partition coefficient (Wildman–Crippen LogP) is 3.60. The molecule has 1 rings (SSSR count). The van der Waals surface area contributed by atoms with E-state index in [1.54, 1.807) is 24.3 Å². The Labute approximate surface area is 153 Å². The molecule has 0 N–H and O–H groups in total. The van der Waals surface area contributed by atoms with Gasteiger partial charge in [-0.05, 0) is 37.2 Å². The van der Waals surface area contributed by atoms with Gasteiger partial charge in [0.25, 0.3) is 0 Å². The van der Waals surface area contributed by atoms with E-state index in [2.05, 4.69) is 33.9 Å². The van der Waals surface area contributed by atoms with Crippen molar-refractivity contribution in [3.63, 3.8) is 0 Å². The van der Waals surface area contributed by atoms with E-state index >= 15 is 0 Å². The van der Waals surface area contributed by atoms with Gasteiger partial charge in [0.05, 0.1) is 4.90 Å².